The molecular formula is C12H22N2O2S. The molecule has 17 heavy (non-hydrogen) atoms. The van der Waals surface area contributed by atoms with Gasteiger partial charge in [-0.25, -0.2) is 0 Å². The smallest absolute Gasteiger partial charge is 0.320 e. The predicted molar refractivity (Wildman–Crippen MR) is 70.6 cm³/mol. The highest BCUT2D eigenvalue weighted by Crippen LogP contribution is 2.23. The number of hydrogen-bond acceptors (Lipinski definition) is 4. The van der Waals surface area contributed by atoms with Gasteiger partial charge < -0.3 is 5.11 Å². The second-order valence-corrected chi connectivity index (χ2v) is 6.00. The summed E-state index contributed by atoms with van der Waals surface area (Å²) in [5, 5.41) is 9.14. The first-order valence-corrected chi connectivity index (χ1v) is 7.66. The maximum absolute atomic E-state index is 11.1. The molecule has 0 aromatic carbocycles. The lowest BCUT2D eigenvalue weighted by atomic mass is 10.1. The van der Waals surface area contributed by atoms with E-state index < -0.39 is 5.97 Å². The highest BCUT2D eigenvalue weighted by Gasteiger charge is 2.30. The molecule has 2 rings (SSSR count). The zero-order valence-corrected chi connectivity index (χ0v) is 11.3. The van der Waals surface area contributed by atoms with Crippen molar-refractivity contribution in [3.8, 4) is 0 Å². The third-order valence-electron chi connectivity index (χ3n) is 3.88. The summed E-state index contributed by atoms with van der Waals surface area (Å²) in [6, 6.07) is 0.460. The van der Waals surface area contributed by atoms with Crippen LogP contribution < -0.4 is 0 Å². The quantitative estimate of drug-likeness (QED) is 0.814. The van der Waals surface area contributed by atoms with Crippen molar-refractivity contribution in [1.82, 2.24) is 9.80 Å². The molecule has 0 unspecified atom stereocenters. The van der Waals surface area contributed by atoms with Gasteiger partial charge in [0.1, 0.15) is 6.04 Å². The van der Waals surface area contributed by atoms with Crippen LogP contribution in [0.5, 0.6) is 0 Å². The number of carbonyl (C=O) groups is 1. The SMILES string of the molecule is CC[C@@H](C(=O)O)N1CCN([C@H]2CCSC2)CC1. The number of nitrogens with zero attached hydrogens (tertiary/aromatic N) is 2. The Morgan fingerprint density at radius 3 is 2.59 bits per heavy atom. The lowest BCUT2D eigenvalue weighted by Gasteiger charge is -2.39. The van der Waals surface area contributed by atoms with E-state index in [0.29, 0.717) is 6.42 Å². The van der Waals surface area contributed by atoms with E-state index >= 15 is 0 Å². The Morgan fingerprint density at radius 1 is 1.41 bits per heavy atom. The highest BCUT2D eigenvalue weighted by molar-refractivity contribution is 7.99. The Hall–Kier alpha value is -0.260. The Bertz CT molecular complexity index is 261. The van der Waals surface area contributed by atoms with Crippen molar-refractivity contribution in [1.29, 1.82) is 0 Å². The van der Waals surface area contributed by atoms with Crippen LogP contribution >= 0.6 is 11.8 Å². The minimum absolute atomic E-state index is 0.282. The van der Waals surface area contributed by atoms with Crippen molar-refractivity contribution < 1.29 is 9.90 Å². The summed E-state index contributed by atoms with van der Waals surface area (Å²) in [6.07, 6.45) is 2.01. The Morgan fingerprint density at radius 2 is 2.12 bits per heavy atom. The molecule has 2 saturated heterocycles. The zero-order valence-electron chi connectivity index (χ0n) is 10.5. The summed E-state index contributed by atoms with van der Waals surface area (Å²) >= 11 is 2.04. The van der Waals surface area contributed by atoms with Crippen molar-refractivity contribution in [3.05, 3.63) is 0 Å². The molecule has 0 radical (unpaired) electrons. The Labute approximate surface area is 107 Å². The van der Waals surface area contributed by atoms with E-state index in [1.54, 1.807) is 0 Å². The molecule has 2 fully saturated rings. The Balaban J connectivity index is 1.82. The maximum Gasteiger partial charge on any atom is 0.320 e. The van der Waals surface area contributed by atoms with Crippen LogP contribution in [0, 0.1) is 0 Å². The second-order valence-electron chi connectivity index (χ2n) is 4.85. The average Bonchev–Trinajstić information content (AvgIpc) is 2.84. The first-order chi connectivity index (χ1) is 8.22. The first-order valence-electron chi connectivity index (χ1n) is 6.51. The van der Waals surface area contributed by atoms with Gasteiger partial charge >= 0.3 is 5.97 Å². The summed E-state index contributed by atoms with van der Waals surface area (Å²) in [7, 11) is 0. The van der Waals surface area contributed by atoms with Crippen LogP contribution in [0.1, 0.15) is 19.8 Å². The van der Waals surface area contributed by atoms with Crippen molar-refractivity contribution in [2.24, 2.45) is 0 Å². The fourth-order valence-corrected chi connectivity index (χ4v) is 4.07. The van der Waals surface area contributed by atoms with E-state index in [-0.39, 0.29) is 6.04 Å². The van der Waals surface area contributed by atoms with Gasteiger partial charge in [0.05, 0.1) is 0 Å². The summed E-state index contributed by atoms with van der Waals surface area (Å²) < 4.78 is 0. The monoisotopic (exact) mass is 258 g/mol. The highest BCUT2D eigenvalue weighted by atomic mass is 32.2. The summed E-state index contributed by atoms with van der Waals surface area (Å²) in [5.74, 6) is 1.88. The zero-order chi connectivity index (χ0) is 12.3. The normalized spacial score (nSPS) is 29.4. The summed E-state index contributed by atoms with van der Waals surface area (Å²) in [5.41, 5.74) is 0. The van der Waals surface area contributed by atoms with Crippen LogP contribution in [-0.4, -0.2) is 70.6 Å². The van der Waals surface area contributed by atoms with Gasteiger partial charge in [0, 0.05) is 38.0 Å². The third-order valence-corrected chi connectivity index (χ3v) is 5.03. The largest absolute Gasteiger partial charge is 0.480 e. The van der Waals surface area contributed by atoms with Crippen molar-refractivity contribution in [3.63, 3.8) is 0 Å². The van der Waals surface area contributed by atoms with E-state index in [4.69, 9.17) is 5.11 Å². The number of hydrogen-bond donors (Lipinski definition) is 1. The topological polar surface area (TPSA) is 43.8 Å². The predicted octanol–water partition coefficient (Wildman–Crippen LogP) is 0.973. The lowest BCUT2D eigenvalue weighted by Crippen LogP contribution is -2.54. The molecule has 1 N–H and O–H groups in total. The van der Waals surface area contributed by atoms with E-state index in [1.165, 1.54) is 17.9 Å². The van der Waals surface area contributed by atoms with Gasteiger partial charge in [-0.05, 0) is 18.6 Å². The van der Waals surface area contributed by atoms with E-state index in [9.17, 15) is 4.79 Å². The molecule has 0 spiro atoms. The number of thioether (sulfide) groups is 1. The van der Waals surface area contributed by atoms with Crippen LogP contribution in [0.4, 0.5) is 0 Å². The van der Waals surface area contributed by atoms with Gasteiger partial charge in [0.25, 0.3) is 0 Å². The molecule has 4 nitrogen and oxygen atoms in total. The van der Waals surface area contributed by atoms with Crippen LogP contribution in [0.2, 0.25) is 0 Å². The van der Waals surface area contributed by atoms with Gasteiger partial charge in [-0.1, -0.05) is 6.92 Å². The van der Waals surface area contributed by atoms with Crippen LogP contribution in [0.15, 0.2) is 0 Å². The third kappa shape index (κ3) is 3.14. The van der Waals surface area contributed by atoms with Crippen LogP contribution in [-0.2, 0) is 4.79 Å². The molecule has 0 amide bonds. The molecule has 2 heterocycles. The fourth-order valence-electron chi connectivity index (χ4n) is 2.81. The van der Waals surface area contributed by atoms with E-state index in [1.807, 2.05) is 18.7 Å². The van der Waals surface area contributed by atoms with Gasteiger partial charge in [-0.3, -0.25) is 14.6 Å². The molecule has 0 bridgehead atoms. The minimum atomic E-state index is -0.669. The average molecular weight is 258 g/mol. The van der Waals surface area contributed by atoms with Gasteiger partial charge in [-0.15, -0.1) is 0 Å². The van der Waals surface area contributed by atoms with Crippen molar-refractivity contribution in [2.45, 2.75) is 31.8 Å². The Kier molecular flexibility index (Phi) is 4.70. The number of rotatable bonds is 4. The van der Waals surface area contributed by atoms with E-state index in [0.717, 1.165) is 32.2 Å². The van der Waals surface area contributed by atoms with Gasteiger partial charge in [0.15, 0.2) is 0 Å². The summed E-state index contributed by atoms with van der Waals surface area (Å²) in [6.45, 7) is 5.85. The molecule has 2 aliphatic heterocycles. The first kappa shape index (κ1) is 13.2. The minimum Gasteiger partial charge on any atom is -0.480 e. The maximum atomic E-state index is 11.1. The molecular weight excluding hydrogens is 236 g/mol. The molecule has 98 valence electrons. The van der Waals surface area contributed by atoms with Crippen molar-refractivity contribution in [2.75, 3.05) is 37.7 Å². The molecule has 2 atom stereocenters. The van der Waals surface area contributed by atoms with Crippen molar-refractivity contribution >= 4 is 17.7 Å². The molecule has 5 heteroatoms. The van der Waals surface area contributed by atoms with E-state index in [2.05, 4.69) is 9.80 Å². The molecule has 0 aromatic rings. The number of carboxylic acid groups (broad SMARTS) is 1. The number of piperazine rings is 1. The number of aliphatic carboxylic acids is 1. The van der Waals surface area contributed by atoms with Crippen LogP contribution in [0.3, 0.4) is 0 Å². The molecule has 0 aromatic heterocycles. The second kappa shape index (κ2) is 6.07. The number of carboxylic acids is 1. The van der Waals surface area contributed by atoms with Gasteiger partial charge in [-0.2, -0.15) is 11.8 Å². The molecule has 0 aliphatic carbocycles. The lowest BCUT2D eigenvalue weighted by molar-refractivity contribution is -0.144. The fraction of sp³-hybridized carbons (Fsp3) is 0.917. The molecule has 2 aliphatic rings. The molecule has 0 saturated carbocycles. The van der Waals surface area contributed by atoms with Crippen LogP contribution in [0.25, 0.3) is 0 Å². The summed E-state index contributed by atoms with van der Waals surface area (Å²) in [4.78, 5) is 15.8. The standard InChI is InChI=1S/C12H22N2O2S/c1-2-11(12(15)16)14-6-4-13(5-7-14)10-3-8-17-9-10/h10-11H,2-9H2,1H3,(H,15,16)/t10-,11-/m0/s1. The van der Waals surface area contributed by atoms with Gasteiger partial charge in [0.2, 0.25) is 0 Å².